The third-order valence-corrected chi connectivity index (χ3v) is 20.3. The number of amides is 2. The molecule has 22 heteroatoms. The lowest BCUT2D eigenvalue weighted by Crippen LogP contribution is -2.66. The van der Waals surface area contributed by atoms with Gasteiger partial charge in [-0.25, -0.2) is 9.36 Å². The zero-order chi connectivity index (χ0) is 76.6. The Morgan fingerprint density at radius 1 is 0.447 bits per heavy atom. The zero-order valence-electron chi connectivity index (χ0n) is 66.7. The number of ketones is 1. The van der Waals surface area contributed by atoms with Crippen LogP contribution in [0.3, 0.4) is 0 Å². The van der Waals surface area contributed by atoms with Crippen LogP contribution in [0.4, 0.5) is 0 Å². The fraction of sp³-hybridized carbons (Fsp3) is 0.914. The van der Waals surface area contributed by atoms with Gasteiger partial charge in [-0.1, -0.05) is 300 Å². The summed E-state index contributed by atoms with van der Waals surface area (Å²) in [6.45, 7) is 21.1. The molecule has 0 radical (unpaired) electrons. The number of esters is 3. The molecule has 0 saturated carbocycles. The van der Waals surface area contributed by atoms with Crippen molar-refractivity contribution in [3.8, 4) is 0 Å². The van der Waals surface area contributed by atoms with Gasteiger partial charge in [0.25, 0.3) is 0 Å². The largest absolute Gasteiger partial charge is 0.480 e. The second kappa shape index (κ2) is 67.8. The molecule has 1 saturated heterocycles. The van der Waals surface area contributed by atoms with Gasteiger partial charge in [-0.2, -0.15) is 0 Å². The average Bonchev–Trinajstić information content (AvgIpc) is 0.780. The summed E-state index contributed by atoms with van der Waals surface area (Å²) in [6, 6.07) is -3.56. The molecule has 0 aromatic heterocycles. The van der Waals surface area contributed by atoms with E-state index in [9.17, 15) is 58.1 Å². The van der Waals surface area contributed by atoms with Crippen LogP contribution in [0.2, 0.25) is 0 Å². The maximum absolute atomic E-state index is 14.7. The lowest BCUT2D eigenvalue weighted by molar-refractivity contribution is -0.272. The number of rotatable bonds is 70. The Hall–Kier alpha value is -3.56. The Bertz CT molecular complexity index is 2150. The maximum atomic E-state index is 14.7. The van der Waals surface area contributed by atoms with E-state index in [0.29, 0.717) is 57.8 Å². The molecule has 0 spiro atoms. The first-order valence-electron chi connectivity index (χ1n) is 42.0. The van der Waals surface area contributed by atoms with Crippen LogP contribution >= 0.6 is 7.82 Å². The summed E-state index contributed by atoms with van der Waals surface area (Å²) in [5.74, 6) is -5.89. The van der Waals surface area contributed by atoms with Crippen molar-refractivity contribution in [3.63, 3.8) is 0 Å². The Kier molecular flexibility index (Phi) is 65.4. The van der Waals surface area contributed by atoms with Crippen LogP contribution in [0.1, 0.15) is 390 Å². The molecule has 2 amide bonds. The smallest absolute Gasteiger partial charge is 0.470 e. The highest BCUT2D eigenvalue weighted by molar-refractivity contribution is 7.46. The number of nitrogens with zero attached hydrogens (tertiary/aromatic N) is 1. The molecule has 103 heavy (non-hydrogen) atoms. The van der Waals surface area contributed by atoms with Crippen molar-refractivity contribution in [2.75, 3.05) is 32.8 Å². The number of Topliss-reactive ketones (excluding diaryl/α,β-unsaturated/α-hetero) is 1. The fourth-order valence-electron chi connectivity index (χ4n) is 13.3. The lowest BCUT2D eigenvalue weighted by atomic mass is 9.90. The second-order valence-electron chi connectivity index (χ2n) is 29.1. The van der Waals surface area contributed by atoms with Crippen LogP contribution in [0.5, 0.6) is 0 Å². The van der Waals surface area contributed by atoms with Crippen LogP contribution in [0.25, 0.3) is 0 Å². The molecule has 9 atom stereocenters. The Balaban J connectivity index is 0.0000141. The highest BCUT2D eigenvalue weighted by Gasteiger charge is 2.52. The molecule has 1 aliphatic heterocycles. The molecular weight excluding hydrogens is 1330 g/mol. The van der Waals surface area contributed by atoms with Crippen molar-refractivity contribution in [2.45, 2.75) is 439 Å². The normalized spacial score (nSPS) is 17.2. The molecule has 0 aliphatic carbocycles. The molecule has 1 aliphatic rings. The van der Waals surface area contributed by atoms with Gasteiger partial charge < -0.3 is 59.2 Å². The summed E-state index contributed by atoms with van der Waals surface area (Å²) in [5, 5.41) is 26.8. The van der Waals surface area contributed by atoms with E-state index in [1.165, 1.54) is 64.6 Å². The summed E-state index contributed by atoms with van der Waals surface area (Å²) < 4.78 is 48.6. The minimum absolute atomic E-state index is 0.127. The van der Waals surface area contributed by atoms with Crippen molar-refractivity contribution in [1.29, 1.82) is 0 Å². The van der Waals surface area contributed by atoms with Crippen LogP contribution in [-0.2, 0) is 66.3 Å². The van der Waals surface area contributed by atoms with Gasteiger partial charge in [-0.3, -0.25) is 33.3 Å². The van der Waals surface area contributed by atoms with Crippen LogP contribution in [-0.4, -0.2) is 148 Å². The number of carboxylic acid groups (broad SMARTS) is 1. The van der Waals surface area contributed by atoms with Gasteiger partial charge in [0.2, 0.25) is 11.8 Å². The van der Waals surface area contributed by atoms with E-state index in [1.54, 1.807) is 0 Å². The van der Waals surface area contributed by atoms with Crippen LogP contribution < -0.4 is 10.6 Å². The summed E-state index contributed by atoms with van der Waals surface area (Å²) in [6.07, 6.45) is 32.6. The highest BCUT2D eigenvalue weighted by Crippen LogP contribution is 2.42. The number of carbonyl (C=O) groups excluding carboxylic acids is 6. The zero-order valence-corrected chi connectivity index (χ0v) is 67.6. The first kappa shape index (κ1) is 99.4. The number of hydrogen-bond acceptors (Lipinski definition) is 16. The number of unbranched alkanes of at least 4 members (excludes halogenated alkanes) is 36. The molecule has 0 bridgehead atoms. The van der Waals surface area contributed by atoms with Gasteiger partial charge in [-0.05, 0) is 71.0 Å². The molecule has 0 unspecified atom stereocenters. The van der Waals surface area contributed by atoms with Gasteiger partial charge in [0.05, 0.1) is 32.5 Å². The van der Waals surface area contributed by atoms with Gasteiger partial charge in [0.15, 0.2) is 18.4 Å². The molecule has 0 aromatic carbocycles. The van der Waals surface area contributed by atoms with Crippen molar-refractivity contribution >= 4 is 49.3 Å². The highest BCUT2D eigenvalue weighted by atomic mass is 31.2. The van der Waals surface area contributed by atoms with E-state index in [1.807, 2.05) is 0 Å². The van der Waals surface area contributed by atoms with Gasteiger partial charge in [0.1, 0.15) is 36.2 Å². The third-order valence-electron chi connectivity index (χ3n) is 19.8. The lowest BCUT2D eigenvalue weighted by Gasteiger charge is -2.45. The molecule has 606 valence electrons. The van der Waals surface area contributed by atoms with Gasteiger partial charge in [-0.15, -0.1) is 0 Å². The molecular formula is C81H154N3O18P. The second-order valence-corrected chi connectivity index (χ2v) is 30.3. The standard InChI is InChI=1S/C75H139N2O18P.C6H15N/c1-7-13-19-25-28-31-34-40-43-49-60(64(79)52-46-37-22-16-10-4)55-70(84)94-73-71(77-67(81)57-62(92-69(83)54-48-39-24-18-12-6)51-45-42-36-33-30-27-21-15-9-3)75(93-65(58-78)72(73)95-96(87,88)89)90-59-63(74(85)86)76-66(80)56-61(91-68(82)53-47-38-23-17-11-5)50-44-41-35-32-29-26-20-14-8-2;1-4-7(5-2)6-3/h60-63,65,71-73,75,78H,7-59H2,1-6H3,(H,76,80)(H,77,81)(H,85,86)(H2,87,88,89);4-6H2,1-3H3/t60-,61-,62-,63+,65-,71-,72-,73-,75-;/m1./s1. The van der Waals surface area contributed by atoms with E-state index in [4.69, 9.17) is 28.2 Å². The number of aliphatic hydroxyl groups excluding tert-OH is 1. The van der Waals surface area contributed by atoms with E-state index in [-0.39, 0.29) is 31.5 Å². The summed E-state index contributed by atoms with van der Waals surface area (Å²) in [4.78, 5) is 120. The monoisotopic (exact) mass is 1490 g/mol. The van der Waals surface area contributed by atoms with Crippen molar-refractivity contribution in [1.82, 2.24) is 15.5 Å². The number of ether oxygens (including phenoxy) is 5. The van der Waals surface area contributed by atoms with Crippen molar-refractivity contribution in [3.05, 3.63) is 0 Å². The molecule has 21 nitrogen and oxygen atoms in total. The summed E-state index contributed by atoms with van der Waals surface area (Å²) in [5.41, 5.74) is 0. The first-order valence-corrected chi connectivity index (χ1v) is 43.5. The van der Waals surface area contributed by atoms with Crippen LogP contribution in [0.15, 0.2) is 0 Å². The van der Waals surface area contributed by atoms with E-state index in [2.05, 4.69) is 77.8 Å². The summed E-state index contributed by atoms with van der Waals surface area (Å²) in [7, 11) is -5.54. The Morgan fingerprint density at radius 3 is 1.17 bits per heavy atom. The van der Waals surface area contributed by atoms with Crippen molar-refractivity contribution in [2.24, 2.45) is 5.92 Å². The number of aliphatic carboxylic acids is 1. The molecule has 1 heterocycles. The minimum atomic E-state index is -5.54. The van der Waals surface area contributed by atoms with Gasteiger partial charge >= 0.3 is 31.7 Å². The molecule has 6 N–H and O–H groups in total. The molecule has 1 rings (SSSR count). The SMILES string of the molecule is CCCCCCCCCCC[C@H](CC(=O)N[C@H]1[C@H](OC[C@H](NC(=O)C[C@@H](CCCCCCCCCCC)OC(=O)CCCCCCC)C(=O)O)O[C@H](CO)[C@@H](OP(=O)(O)O)[C@@H]1OC(=O)C[C@@H](CCCCCCCCCCC)C(=O)CCCCCCC)OC(=O)CCCCCCC.CCN(CC)CC. The number of nitrogens with one attached hydrogen (secondary N) is 2. The quantitative estimate of drug-likeness (QED) is 0.0143. The maximum Gasteiger partial charge on any atom is 0.470 e. The number of carboxylic acids is 1. The van der Waals surface area contributed by atoms with E-state index >= 15 is 0 Å². The topological polar surface area (TPSA) is 300 Å². The fourth-order valence-corrected chi connectivity index (χ4v) is 13.9. The number of phosphoric acid groups is 1. The molecule has 1 fully saturated rings. The Morgan fingerprint density at radius 2 is 0.806 bits per heavy atom. The molecule has 0 aromatic rings. The number of hydrogen-bond donors (Lipinski definition) is 6. The summed E-state index contributed by atoms with van der Waals surface area (Å²) >= 11 is 0. The van der Waals surface area contributed by atoms with Gasteiger partial charge in [0, 0.05) is 25.2 Å². The van der Waals surface area contributed by atoms with E-state index < -0.39 is 124 Å². The van der Waals surface area contributed by atoms with Crippen molar-refractivity contribution < 1.29 is 86.3 Å². The number of phosphoric ester groups is 1. The predicted octanol–water partition coefficient (Wildman–Crippen LogP) is 18.5. The predicted molar refractivity (Wildman–Crippen MR) is 411 cm³/mol. The Labute approximate surface area is 625 Å². The number of aliphatic hydroxyl groups is 1. The minimum Gasteiger partial charge on any atom is -0.480 e. The number of carbonyl (C=O) groups is 7. The first-order chi connectivity index (χ1) is 49.7. The third kappa shape index (κ3) is 55.5. The van der Waals surface area contributed by atoms with E-state index in [0.717, 1.165) is 186 Å². The van der Waals surface area contributed by atoms with Crippen LogP contribution in [0, 0.1) is 5.92 Å². The average molecular weight is 1490 g/mol.